The third-order valence-corrected chi connectivity index (χ3v) is 8.91. The third-order valence-electron chi connectivity index (χ3n) is 8.91. The fraction of sp³-hybridized carbons (Fsp3) is 0.950. The Morgan fingerprint density at radius 1 is 0.957 bits per heavy atom. The zero-order valence-corrected chi connectivity index (χ0v) is 14.8. The van der Waals surface area contributed by atoms with Crippen molar-refractivity contribution in [3.05, 3.63) is 0 Å². The lowest BCUT2D eigenvalue weighted by molar-refractivity contribution is -0.126. The summed E-state index contributed by atoms with van der Waals surface area (Å²) in [4.78, 5) is 11.0. The fourth-order valence-corrected chi connectivity index (χ4v) is 7.59. The number of hydrogen-bond acceptors (Lipinski definition) is 2. The minimum atomic E-state index is -0.0499. The molecule has 4 saturated carbocycles. The average molecular weight is 319 g/mol. The number of rotatable bonds is 2. The van der Waals surface area contributed by atoms with Gasteiger partial charge in [-0.2, -0.15) is 0 Å². The Balaban J connectivity index is 1.59. The summed E-state index contributed by atoms with van der Waals surface area (Å²) in [6, 6.07) is 0.393. The molecular formula is C20H33NO2. The molecule has 2 N–H and O–H groups in total. The molecule has 0 bridgehead atoms. The molecular weight excluding hydrogens is 286 g/mol. The van der Waals surface area contributed by atoms with Gasteiger partial charge >= 0.3 is 0 Å². The maximum atomic E-state index is 11.0. The highest BCUT2D eigenvalue weighted by molar-refractivity contribution is 5.47. The molecule has 0 radical (unpaired) electrons. The summed E-state index contributed by atoms with van der Waals surface area (Å²) in [5.74, 6) is 3.23. The van der Waals surface area contributed by atoms with Gasteiger partial charge in [0.1, 0.15) is 0 Å². The summed E-state index contributed by atoms with van der Waals surface area (Å²) in [5.41, 5.74) is 0.777. The van der Waals surface area contributed by atoms with Gasteiger partial charge in [0.2, 0.25) is 6.41 Å². The molecule has 8 atom stereocenters. The lowest BCUT2D eigenvalue weighted by Gasteiger charge is -2.60. The zero-order chi connectivity index (χ0) is 16.2. The minimum Gasteiger partial charge on any atom is -0.393 e. The highest BCUT2D eigenvalue weighted by atomic mass is 16.3. The van der Waals surface area contributed by atoms with Crippen LogP contribution >= 0.6 is 0 Å². The van der Waals surface area contributed by atoms with E-state index in [9.17, 15) is 9.90 Å². The van der Waals surface area contributed by atoms with Crippen molar-refractivity contribution < 1.29 is 9.90 Å². The Labute approximate surface area is 140 Å². The number of hydrogen-bond donors (Lipinski definition) is 2. The van der Waals surface area contributed by atoms with Crippen LogP contribution in [0.4, 0.5) is 0 Å². The van der Waals surface area contributed by atoms with Gasteiger partial charge < -0.3 is 10.4 Å². The minimum absolute atomic E-state index is 0.0499. The number of aliphatic hydroxyl groups excluding tert-OH is 1. The molecule has 0 aromatic rings. The first-order chi connectivity index (χ1) is 11.0. The molecule has 0 aromatic heterocycles. The van der Waals surface area contributed by atoms with Gasteiger partial charge in [-0.25, -0.2) is 0 Å². The van der Waals surface area contributed by atoms with Crippen LogP contribution in [-0.4, -0.2) is 23.7 Å². The predicted molar refractivity (Wildman–Crippen MR) is 90.7 cm³/mol. The van der Waals surface area contributed by atoms with Gasteiger partial charge in [0.15, 0.2) is 0 Å². The molecule has 4 aliphatic carbocycles. The van der Waals surface area contributed by atoms with Crippen LogP contribution in [0.25, 0.3) is 0 Å². The molecule has 130 valence electrons. The van der Waals surface area contributed by atoms with E-state index in [4.69, 9.17) is 0 Å². The molecule has 0 aromatic carbocycles. The number of amides is 1. The van der Waals surface area contributed by atoms with Gasteiger partial charge in [0, 0.05) is 6.04 Å². The van der Waals surface area contributed by atoms with E-state index in [1.807, 2.05) is 0 Å². The predicted octanol–water partition coefficient (Wildman–Crippen LogP) is 3.50. The second-order valence-corrected chi connectivity index (χ2v) is 9.54. The first-order valence-electron chi connectivity index (χ1n) is 9.87. The van der Waals surface area contributed by atoms with Crippen molar-refractivity contribution in [3.63, 3.8) is 0 Å². The van der Waals surface area contributed by atoms with Crippen molar-refractivity contribution >= 4 is 6.41 Å². The smallest absolute Gasteiger partial charge is 0.207 e. The molecule has 23 heavy (non-hydrogen) atoms. The van der Waals surface area contributed by atoms with Crippen LogP contribution in [0.2, 0.25) is 0 Å². The van der Waals surface area contributed by atoms with Crippen LogP contribution in [0.1, 0.15) is 71.6 Å². The number of nitrogens with one attached hydrogen (secondary N) is 1. The molecule has 0 saturated heterocycles. The molecule has 0 unspecified atom stereocenters. The first-order valence-corrected chi connectivity index (χ1v) is 9.87. The molecule has 4 fully saturated rings. The van der Waals surface area contributed by atoms with Crippen molar-refractivity contribution in [2.75, 3.05) is 0 Å². The molecule has 4 rings (SSSR count). The third kappa shape index (κ3) is 2.22. The average Bonchev–Trinajstić information content (AvgIpc) is 2.85. The van der Waals surface area contributed by atoms with Gasteiger partial charge in [0.05, 0.1) is 6.10 Å². The van der Waals surface area contributed by atoms with E-state index in [2.05, 4.69) is 19.2 Å². The largest absolute Gasteiger partial charge is 0.393 e. The maximum absolute atomic E-state index is 11.0. The van der Waals surface area contributed by atoms with Gasteiger partial charge in [0.25, 0.3) is 0 Å². The Morgan fingerprint density at radius 3 is 2.48 bits per heavy atom. The van der Waals surface area contributed by atoms with Crippen molar-refractivity contribution in [3.8, 4) is 0 Å². The molecule has 3 heteroatoms. The first kappa shape index (κ1) is 15.9. The zero-order valence-electron chi connectivity index (χ0n) is 14.8. The highest BCUT2D eigenvalue weighted by Crippen LogP contribution is 2.66. The molecule has 0 aliphatic heterocycles. The normalized spacial score (nSPS) is 55.4. The lowest BCUT2D eigenvalue weighted by atomic mass is 9.45. The van der Waals surface area contributed by atoms with Crippen molar-refractivity contribution in [1.29, 1.82) is 0 Å². The lowest BCUT2D eigenvalue weighted by Crippen LogP contribution is -2.55. The number of carbonyl (C=O) groups is 1. The second kappa shape index (κ2) is 5.47. The molecule has 0 spiro atoms. The number of aliphatic hydroxyl groups is 1. The molecule has 3 nitrogen and oxygen atoms in total. The summed E-state index contributed by atoms with van der Waals surface area (Å²) < 4.78 is 0. The van der Waals surface area contributed by atoms with Crippen molar-refractivity contribution in [1.82, 2.24) is 5.32 Å². The molecule has 0 heterocycles. The monoisotopic (exact) mass is 319 g/mol. The summed E-state index contributed by atoms with van der Waals surface area (Å²) in [5, 5.41) is 13.2. The summed E-state index contributed by atoms with van der Waals surface area (Å²) in [6.07, 6.45) is 11.9. The highest BCUT2D eigenvalue weighted by Gasteiger charge is 2.60. The van der Waals surface area contributed by atoms with Crippen LogP contribution in [0.15, 0.2) is 0 Å². The van der Waals surface area contributed by atoms with E-state index in [-0.39, 0.29) is 6.10 Å². The Morgan fingerprint density at radius 2 is 1.70 bits per heavy atom. The van der Waals surface area contributed by atoms with Crippen molar-refractivity contribution in [2.24, 2.45) is 34.5 Å². The Hall–Kier alpha value is -0.570. The quantitative estimate of drug-likeness (QED) is 0.765. The fourth-order valence-electron chi connectivity index (χ4n) is 7.59. The Bertz CT molecular complexity index is 480. The second-order valence-electron chi connectivity index (χ2n) is 9.54. The van der Waals surface area contributed by atoms with Crippen LogP contribution < -0.4 is 5.32 Å². The van der Waals surface area contributed by atoms with E-state index in [1.165, 1.54) is 44.9 Å². The summed E-state index contributed by atoms with van der Waals surface area (Å²) in [6.45, 7) is 4.99. The summed E-state index contributed by atoms with van der Waals surface area (Å²) in [7, 11) is 0. The van der Waals surface area contributed by atoms with Gasteiger partial charge in [-0.1, -0.05) is 13.8 Å². The van der Waals surface area contributed by atoms with E-state index < -0.39 is 0 Å². The van der Waals surface area contributed by atoms with Crippen LogP contribution in [0.5, 0.6) is 0 Å². The van der Waals surface area contributed by atoms with Gasteiger partial charge in [-0.15, -0.1) is 0 Å². The van der Waals surface area contributed by atoms with E-state index in [0.717, 1.165) is 42.9 Å². The number of fused-ring (bicyclic) bond motifs is 5. The van der Waals surface area contributed by atoms with E-state index >= 15 is 0 Å². The van der Waals surface area contributed by atoms with Crippen LogP contribution in [-0.2, 0) is 4.79 Å². The number of carbonyl (C=O) groups excluding carboxylic acids is 1. The Kier molecular flexibility index (Phi) is 3.79. The van der Waals surface area contributed by atoms with Crippen molar-refractivity contribution in [2.45, 2.75) is 83.8 Å². The summed E-state index contributed by atoms with van der Waals surface area (Å²) >= 11 is 0. The molecule has 4 aliphatic rings. The van der Waals surface area contributed by atoms with E-state index in [0.29, 0.717) is 16.9 Å². The van der Waals surface area contributed by atoms with Crippen LogP contribution in [0.3, 0.4) is 0 Å². The van der Waals surface area contributed by atoms with Crippen LogP contribution in [0, 0.1) is 34.5 Å². The molecule has 1 amide bonds. The van der Waals surface area contributed by atoms with E-state index in [1.54, 1.807) is 0 Å². The standard InChI is InChI=1S/C20H33NO2/c1-19-9-7-14(23)11-13(19)3-4-15-16-5-6-18(21-12-22)20(16,2)10-8-17(15)19/h12-18,23H,3-11H2,1-2H3,(H,21,22)/t13-,14-,15-,16+,17+,18-,19-,20-/m0/s1. The topological polar surface area (TPSA) is 49.3 Å². The van der Waals surface area contributed by atoms with Gasteiger partial charge in [-0.3, -0.25) is 4.79 Å². The maximum Gasteiger partial charge on any atom is 0.207 e. The van der Waals surface area contributed by atoms with Gasteiger partial charge in [-0.05, 0) is 92.3 Å². The SMILES string of the molecule is C[C@]12CC[C@H](O)C[C@@H]1CC[C@@H]1[C@H]2CC[C@]2(C)[C@@H](NC=O)CC[C@H]12.